The van der Waals surface area contributed by atoms with Crippen molar-refractivity contribution in [2.75, 3.05) is 38.9 Å². The van der Waals surface area contributed by atoms with Gasteiger partial charge in [-0.3, -0.25) is 9.36 Å². The van der Waals surface area contributed by atoms with Crippen LogP contribution in [0, 0.1) is 0 Å². The summed E-state index contributed by atoms with van der Waals surface area (Å²) in [5.74, 6) is -0.110. The van der Waals surface area contributed by atoms with Gasteiger partial charge in [-0.15, -0.1) is 5.06 Å². The number of nitrogens with zero attached hydrogens (tertiary/aromatic N) is 2. The normalized spacial score (nSPS) is 12.5. The van der Waals surface area contributed by atoms with Crippen LogP contribution in [-0.2, 0) is 14.2 Å². The molecule has 0 heterocycles. The van der Waals surface area contributed by atoms with E-state index in [0.29, 0.717) is 13.0 Å². The highest BCUT2D eigenvalue weighted by molar-refractivity contribution is 7.51. The molecular formula is C48H93N2O5P. The number of rotatable bonds is 44. The molecule has 0 saturated carbocycles. The molecule has 8 heteroatoms. The molecule has 0 aromatic carbocycles. The standard InChI is InChI=1S/C48H93N2O5P/c1-4-7-10-13-16-17-18-19-20-21-22-23-24-29-32-37-42-49(46-47-56(52,53)54)43-38-33-30-25-26-31-36-41-48(51)55-50(44-39-34-27-14-11-8-5-2)45-40-35-28-15-12-9-6-3/h19-20,27-28,34-35H,4-18,21-26,29-33,36-47H2,1-3H3,(H2,52,53,54)/b20-19-,34-27-,35-28-. The third-order valence-corrected chi connectivity index (χ3v) is 11.4. The lowest BCUT2D eigenvalue weighted by Gasteiger charge is -2.22. The van der Waals surface area contributed by atoms with Crippen LogP contribution in [0.25, 0.3) is 0 Å². The average Bonchev–Trinajstić information content (AvgIpc) is 3.17. The second-order valence-electron chi connectivity index (χ2n) is 16.3. The zero-order valence-electron chi connectivity index (χ0n) is 37.3. The number of hydrogen-bond donors (Lipinski definition) is 2. The Bertz CT molecular complexity index is 941. The zero-order chi connectivity index (χ0) is 41.1. The Kier molecular flexibility index (Phi) is 42.4. The smallest absolute Gasteiger partial charge is 0.326 e. The van der Waals surface area contributed by atoms with Gasteiger partial charge in [0.15, 0.2) is 0 Å². The first-order chi connectivity index (χ1) is 27.3. The fourth-order valence-corrected chi connectivity index (χ4v) is 7.55. The summed E-state index contributed by atoms with van der Waals surface area (Å²) in [5, 5.41) is 1.87. The molecule has 0 unspecified atom stereocenters. The lowest BCUT2D eigenvalue weighted by atomic mass is 10.1. The maximum absolute atomic E-state index is 12.7. The summed E-state index contributed by atoms with van der Waals surface area (Å²) in [6, 6.07) is 0. The maximum atomic E-state index is 12.7. The molecule has 0 aliphatic heterocycles. The van der Waals surface area contributed by atoms with Gasteiger partial charge in [0, 0.05) is 26.1 Å². The molecule has 0 aliphatic carbocycles. The first-order valence-corrected chi connectivity index (χ1v) is 25.8. The van der Waals surface area contributed by atoms with Gasteiger partial charge in [-0.25, -0.2) is 0 Å². The van der Waals surface area contributed by atoms with Gasteiger partial charge in [-0.1, -0.05) is 173 Å². The molecule has 0 aromatic heterocycles. The molecule has 56 heavy (non-hydrogen) atoms. The molecule has 330 valence electrons. The summed E-state index contributed by atoms with van der Waals surface area (Å²) in [4.78, 5) is 39.7. The third-order valence-electron chi connectivity index (χ3n) is 10.7. The highest BCUT2D eigenvalue weighted by atomic mass is 31.2. The highest BCUT2D eigenvalue weighted by Gasteiger charge is 2.15. The monoisotopic (exact) mass is 809 g/mol. The summed E-state index contributed by atoms with van der Waals surface area (Å²) >= 11 is 0. The fraction of sp³-hybridized carbons (Fsp3) is 0.854. The molecular weight excluding hydrogens is 716 g/mol. The van der Waals surface area contributed by atoms with E-state index in [1.165, 1.54) is 122 Å². The first kappa shape index (κ1) is 54.8. The van der Waals surface area contributed by atoms with Crippen molar-refractivity contribution < 1.29 is 24.0 Å². The number of hydroxylamine groups is 2. The molecule has 0 radical (unpaired) electrons. The van der Waals surface area contributed by atoms with E-state index in [4.69, 9.17) is 4.84 Å². The van der Waals surface area contributed by atoms with Crippen molar-refractivity contribution in [2.45, 2.75) is 226 Å². The zero-order valence-corrected chi connectivity index (χ0v) is 38.2. The van der Waals surface area contributed by atoms with Gasteiger partial charge in [0.05, 0.1) is 6.16 Å². The molecule has 0 amide bonds. The second-order valence-corrected chi connectivity index (χ2v) is 18.1. The minimum atomic E-state index is -3.98. The van der Waals surface area contributed by atoms with Crippen LogP contribution in [0.2, 0.25) is 0 Å². The van der Waals surface area contributed by atoms with Crippen LogP contribution in [0.1, 0.15) is 226 Å². The Labute approximate surface area is 348 Å². The molecule has 0 bridgehead atoms. The minimum Gasteiger partial charge on any atom is -0.368 e. The van der Waals surface area contributed by atoms with Gasteiger partial charge in [-0.2, -0.15) is 0 Å². The van der Waals surface area contributed by atoms with Crippen molar-refractivity contribution >= 4 is 13.6 Å². The number of unbranched alkanes of at least 4 members (excludes halogenated alkanes) is 24. The van der Waals surface area contributed by atoms with E-state index in [1.807, 2.05) is 5.06 Å². The Morgan fingerprint density at radius 2 is 0.786 bits per heavy atom. The predicted molar refractivity (Wildman–Crippen MR) is 243 cm³/mol. The van der Waals surface area contributed by atoms with Crippen LogP contribution in [-0.4, -0.2) is 64.6 Å². The Balaban J connectivity index is 4.18. The van der Waals surface area contributed by atoms with Crippen molar-refractivity contribution in [1.29, 1.82) is 0 Å². The number of hydrogen-bond acceptors (Lipinski definition) is 5. The van der Waals surface area contributed by atoms with Crippen LogP contribution in [0.3, 0.4) is 0 Å². The van der Waals surface area contributed by atoms with Crippen LogP contribution in [0.15, 0.2) is 36.5 Å². The Hall–Kier alpha value is -1.24. The Morgan fingerprint density at radius 3 is 1.21 bits per heavy atom. The maximum Gasteiger partial charge on any atom is 0.326 e. The van der Waals surface area contributed by atoms with Crippen LogP contribution in [0.4, 0.5) is 0 Å². The molecule has 0 spiro atoms. The molecule has 0 fully saturated rings. The van der Waals surface area contributed by atoms with Crippen molar-refractivity contribution in [1.82, 2.24) is 9.96 Å². The van der Waals surface area contributed by atoms with E-state index in [1.54, 1.807) is 0 Å². The van der Waals surface area contributed by atoms with Crippen LogP contribution >= 0.6 is 7.60 Å². The summed E-state index contributed by atoms with van der Waals surface area (Å²) in [6.45, 7) is 10.5. The van der Waals surface area contributed by atoms with E-state index < -0.39 is 7.60 Å². The highest BCUT2D eigenvalue weighted by Crippen LogP contribution is 2.33. The van der Waals surface area contributed by atoms with Crippen molar-refractivity contribution in [2.24, 2.45) is 0 Å². The third kappa shape index (κ3) is 43.9. The molecule has 7 nitrogen and oxygen atoms in total. The van der Waals surface area contributed by atoms with Gasteiger partial charge in [0.1, 0.15) is 0 Å². The summed E-state index contributed by atoms with van der Waals surface area (Å²) in [7, 11) is -3.98. The second kappa shape index (κ2) is 43.3. The van der Waals surface area contributed by atoms with Crippen molar-refractivity contribution in [3.63, 3.8) is 0 Å². The van der Waals surface area contributed by atoms with E-state index >= 15 is 0 Å². The van der Waals surface area contributed by atoms with Gasteiger partial charge < -0.3 is 19.5 Å². The predicted octanol–water partition coefficient (Wildman–Crippen LogP) is 14.4. The molecule has 0 atom stereocenters. The van der Waals surface area contributed by atoms with Crippen LogP contribution in [0.5, 0.6) is 0 Å². The van der Waals surface area contributed by atoms with Gasteiger partial charge in [-0.05, 0) is 96.6 Å². The summed E-state index contributed by atoms with van der Waals surface area (Å²) < 4.78 is 11.6. The summed E-state index contributed by atoms with van der Waals surface area (Å²) in [5.41, 5.74) is 0. The SMILES string of the molecule is CCCCC/C=C\CCN(CC/C=C\CCCCC)OC(=O)CCCCCCCCCN(CCCCCCCC/C=C\CCCCCCCC)CCP(=O)(O)O. The van der Waals surface area contributed by atoms with E-state index in [9.17, 15) is 19.1 Å². The molecule has 0 aliphatic rings. The van der Waals surface area contributed by atoms with E-state index in [0.717, 1.165) is 103 Å². The van der Waals surface area contributed by atoms with Gasteiger partial charge in [0.25, 0.3) is 0 Å². The number of carbonyl (C=O) groups excluding carboxylic acids is 1. The molecule has 2 N–H and O–H groups in total. The van der Waals surface area contributed by atoms with E-state index in [2.05, 4.69) is 62.1 Å². The quantitative estimate of drug-likeness (QED) is 0.0274. The first-order valence-electron chi connectivity index (χ1n) is 24.0. The molecule has 0 saturated heterocycles. The van der Waals surface area contributed by atoms with Crippen molar-refractivity contribution in [3.05, 3.63) is 36.5 Å². The van der Waals surface area contributed by atoms with Crippen molar-refractivity contribution in [3.8, 4) is 0 Å². The van der Waals surface area contributed by atoms with Gasteiger partial charge >= 0.3 is 13.6 Å². The summed E-state index contributed by atoms with van der Waals surface area (Å²) in [6.07, 6.45) is 51.4. The average molecular weight is 809 g/mol. The van der Waals surface area contributed by atoms with Gasteiger partial charge in [0.2, 0.25) is 0 Å². The minimum absolute atomic E-state index is 0.0497. The number of allylic oxidation sites excluding steroid dienone is 4. The van der Waals surface area contributed by atoms with Crippen LogP contribution < -0.4 is 0 Å². The lowest BCUT2D eigenvalue weighted by molar-refractivity contribution is -0.190. The largest absolute Gasteiger partial charge is 0.368 e. The number of carbonyl (C=O) groups is 1. The molecule has 0 rings (SSSR count). The Morgan fingerprint density at radius 1 is 0.446 bits per heavy atom. The molecule has 0 aromatic rings. The fourth-order valence-electron chi connectivity index (χ4n) is 7.00. The van der Waals surface area contributed by atoms with E-state index in [-0.39, 0.29) is 12.1 Å². The lowest BCUT2D eigenvalue weighted by Crippen LogP contribution is -2.29. The topological polar surface area (TPSA) is 90.3 Å².